The molecule has 1 nitrogen and oxygen atoms in total. The molecule has 2 unspecified atom stereocenters. The summed E-state index contributed by atoms with van der Waals surface area (Å²) in [5, 5.41) is 0. The Balaban J connectivity index is 2.05. The summed E-state index contributed by atoms with van der Waals surface area (Å²) in [6.07, 6.45) is 7.39. The Morgan fingerprint density at radius 1 is 1.62 bits per heavy atom. The maximum Gasteiger partial charge on any atom is 0.293 e. The van der Waals surface area contributed by atoms with E-state index in [1.807, 2.05) is 7.11 Å². The monoisotopic (exact) mass is 198 g/mol. The van der Waals surface area contributed by atoms with Gasteiger partial charge < -0.3 is 4.65 Å². The Morgan fingerprint density at radius 3 is 3.08 bits per heavy atom. The molecule has 0 aromatic heterocycles. The number of hydrogen-bond donors (Lipinski definition) is 0. The SMILES string of the molecule is COB1CC2C=C(CCl)CC(C1)C2. The highest BCUT2D eigenvalue weighted by Crippen LogP contribution is 2.39. The predicted molar refractivity (Wildman–Crippen MR) is 57.4 cm³/mol. The molecule has 0 N–H and O–H groups in total. The normalized spacial score (nSPS) is 33.1. The van der Waals surface area contributed by atoms with Crippen LogP contribution in [0.1, 0.15) is 12.8 Å². The number of halogens is 1. The van der Waals surface area contributed by atoms with E-state index in [0.29, 0.717) is 6.92 Å². The minimum absolute atomic E-state index is 0.497. The van der Waals surface area contributed by atoms with Gasteiger partial charge in [0, 0.05) is 13.0 Å². The maximum absolute atomic E-state index is 5.86. The molecule has 1 saturated heterocycles. The second-order valence-electron chi connectivity index (χ2n) is 4.35. The molecule has 2 aliphatic rings. The van der Waals surface area contributed by atoms with Crippen molar-refractivity contribution >= 4 is 18.5 Å². The van der Waals surface area contributed by atoms with Gasteiger partial charge in [0.1, 0.15) is 0 Å². The van der Waals surface area contributed by atoms with Crippen LogP contribution in [-0.4, -0.2) is 19.9 Å². The van der Waals surface area contributed by atoms with Gasteiger partial charge in [0.25, 0.3) is 6.92 Å². The molecule has 1 aliphatic carbocycles. The molecule has 13 heavy (non-hydrogen) atoms. The van der Waals surface area contributed by atoms with Crippen molar-refractivity contribution in [2.45, 2.75) is 25.5 Å². The molecule has 1 fully saturated rings. The third kappa shape index (κ3) is 2.11. The van der Waals surface area contributed by atoms with Crippen LogP contribution in [0, 0.1) is 11.8 Å². The summed E-state index contributed by atoms with van der Waals surface area (Å²) in [5.74, 6) is 2.30. The van der Waals surface area contributed by atoms with E-state index in [2.05, 4.69) is 6.08 Å². The highest BCUT2D eigenvalue weighted by atomic mass is 35.5. The summed E-state index contributed by atoms with van der Waals surface area (Å²) in [7, 11) is 1.83. The third-order valence-corrected chi connectivity index (χ3v) is 3.67. The van der Waals surface area contributed by atoms with Gasteiger partial charge in [-0.25, -0.2) is 0 Å². The zero-order chi connectivity index (χ0) is 9.26. The summed E-state index contributed by atoms with van der Waals surface area (Å²) in [6.45, 7) is 0.497. The van der Waals surface area contributed by atoms with Crippen molar-refractivity contribution in [3.8, 4) is 0 Å². The van der Waals surface area contributed by atoms with Crippen LogP contribution in [0.25, 0.3) is 0 Å². The predicted octanol–water partition coefficient (Wildman–Crippen LogP) is 2.83. The molecule has 2 bridgehead atoms. The van der Waals surface area contributed by atoms with Crippen LogP contribution in [0.4, 0.5) is 0 Å². The van der Waals surface area contributed by atoms with Crippen molar-refractivity contribution in [3.05, 3.63) is 11.6 Å². The fourth-order valence-electron chi connectivity index (χ4n) is 2.79. The van der Waals surface area contributed by atoms with Crippen LogP contribution in [0.5, 0.6) is 0 Å². The Kier molecular flexibility index (Phi) is 3.00. The lowest BCUT2D eigenvalue weighted by Gasteiger charge is -2.35. The first-order chi connectivity index (χ1) is 6.31. The van der Waals surface area contributed by atoms with E-state index >= 15 is 0 Å². The van der Waals surface area contributed by atoms with Crippen molar-refractivity contribution in [2.75, 3.05) is 13.0 Å². The van der Waals surface area contributed by atoms with Crippen molar-refractivity contribution < 1.29 is 4.65 Å². The lowest BCUT2D eigenvalue weighted by molar-refractivity contribution is 0.341. The van der Waals surface area contributed by atoms with E-state index in [9.17, 15) is 0 Å². The van der Waals surface area contributed by atoms with Gasteiger partial charge in [-0.05, 0) is 37.3 Å². The number of alkyl halides is 1. The average molecular weight is 199 g/mol. The van der Waals surface area contributed by atoms with Crippen LogP contribution < -0.4 is 0 Å². The fourth-order valence-corrected chi connectivity index (χ4v) is 2.99. The van der Waals surface area contributed by atoms with E-state index in [-0.39, 0.29) is 0 Å². The molecule has 0 aromatic carbocycles. The van der Waals surface area contributed by atoms with Crippen LogP contribution in [0.15, 0.2) is 11.6 Å². The van der Waals surface area contributed by atoms with Crippen LogP contribution >= 0.6 is 11.6 Å². The lowest BCUT2D eigenvalue weighted by atomic mass is 9.48. The molecule has 0 spiro atoms. The first-order valence-corrected chi connectivity index (χ1v) is 5.63. The summed E-state index contributed by atoms with van der Waals surface area (Å²) < 4.78 is 5.43. The minimum Gasteiger partial charge on any atom is -0.438 e. The molecule has 72 valence electrons. The van der Waals surface area contributed by atoms with Gasteiger partial charge in [-0.15, -0.1) is 11.6 Å². The molecule has 0 saturated carbocycles. The van der Waals surface area contributed by atoms with Crippen LogP contribution in [0.2, 0.25) is 12.6 Å². The van der Waals surface area contributed by atoms with E-state index in [1.54, 1.807) is 0 Å². The van der Waals surface area contributed by atoms with Crippen molar-refractivity contribution in [2.24, 2.45) is 11.8 Å². The van der Waals surface area contributed by atoms with E-state index in [4.69, 9.17) is 16.3 Å². The van der Waals surface area contributed by atoms with Gasteiger partial charge in [0.15, 0.2) is 0 Å². The summed E-state index contributed by atoms with van der Waals surface area (Å²) in [5.41, 5.74) is 1.46. The smallest absolute Gasteiger partial charge is 0.293 e. The van der Waals surface area contributed by atoms with Crippen LogP contribution in [-0.2, 0) is 4.65 Å². The summed E-state index contributed by atoms with van der Waals surface area (Å²) in [4.78, 5) is 0. The van der Waals surface area contributed by atoms with E-state index in [1.165, 1.54) is 31.1 Å². The Labute approximate surface area is 85.6 Å². The fraction of sp³-hybridized carbons (Fsp3) is 0.800. The molecule has 1 aliphatic heterocycles. The van der Waals surface area contributed by atoms with Gasteiger partial charge in [-0.2, -0.15) is 0 Å². The molecular formula is C10H16BClO. The quantitative estimate of drug-likeness (QED) is 0.377. The summed E-state index contributed by atoms with van der Waals surface area (Å²) in [6, 6.07) is 0. The molecule has 0 amide bonds. The van der Waals surface area contributed by atoms with Crippen LogP contribution in [0.3, 0.4) is 0 Å². The molecule has 1 heterocycles. The van der Waals surface area contributed by atoms with E-state index in [0.717, 1.165) is 17.7 Å². The number of hydrogen-bond acceptors (Lipinski definition) is 1. The largest absolute Gasteiger partial charge is 0.438 e. The first-order valence-electron chi connectivity index (χ1n) is 5.10. The Morgan fingerprint density at radius 2 is 2.46 bits per heavy atom. The second kappa shape index (κ2) is 4.06. The Hall–Kier alpha value is 0.0549. The van der Waals surface area contributed by atoms with Gasteiger partial charge in [-0.3, -0.25) is 0 Å². The Bertz CT molecular complexity index is 217. The minimum atomic E-state index is 0.497. The maximum atomic E-state index is 5.86. The molecule has 0 aromatic rings. The zero-order valence-electron chi connectivity index (χ0n) is 8.13. The van der Waals surface area contributed by atoms with Gasteiger partial charge in [0.05, 0.1) is 0 Å². The summed E-state index contributed by atoms with van der Waals surface area (Å²) >= 11 is 5.86. The molecule has 2 rings (SSSR count). The highest BCUT2D eigenvalue weighted by molar-refractivity contribution is 6.52. The second-order valence-corrected chi connectivity index (χ2v) is 4.62. The van der Waals surface area contributed by atoms with Gasteiger partial charge in [-0.1, -0.05) is 11.6 Å². The molecular weight excluding hydrogens is 182 g/mol. The molecule has 2 atom stereocenters. The average Bonchev–Trinajstić information content (AvgIpc) is 2.16. The van der Waals surface area contributed by atoms with Crippen molar-refractivity contribution in [3.63, 3.8) is 0 Å². The number of fused-ring (bicyclic) bond motifs is 2. The van der Waals surface area contributed by atoms with Crippen molar-refractivity contribution in [1.82, 2.24) is 0 Å². The first kappa shape index (κ1) is 9.60. The number of allylic oxidation sites excluding steroid dienone is 2. The van der Waals surface area contributed by atoms with E-state index < -0.39 is 0 Å². The lowest BCUT2D eigenvalue weighted by Crippen LogP contribution is -2.32. The highest BCUT2D eigenvalue weighted by Gasteiger charge is 2.34. The standard InChI is InChI=1S/C10H16BClO/c1-13-11-5-8-2-9(6-11)4-10(3-8)7-12/h3,8-9H,2,4-7H2,1H3. The molecule has 3 heteroatoms. The van der Waals surface area contributed by atoms with Gasteiger partial charge >= 0.3 is 0 Å². The molecule has 0 radical (unpaired) electrons. The number of rotatable bonds is 2. The van der Waals surface area contributed by atoms with Gasteiger partial charge in [0.2, 0.25) is 0 Å². The van der Waals surface area contributed by atoms with Crippen molar-refractivity contribution in [1.29, 1.82) is 0 Å². The zero-order valence-corrected chi connectivity index (χ0v) is 8.89. The third-order valence-electron chi connectivity index (χ3n) is 3.33. The topological polar surface area (TPSA) is 9.23 Å².